The van der Waals surface area contributed by atoms with Crippen LogP contribution in [0.4, 0.5) is 34.1 Å². The number of anilines is 6. The van der Waals surface area contributed by atoms with Crippen LogP contribution >= 0.6 is 31.9 Å². The lowest BCUT2D eigenvalue weighted by Crippen LogP contribution is -2.17. The van der Waals surface area contributed by atoms with Crippen LogP contribution in [0.2, 0.25) is 0 Å². The van der Waals surface area contributed by atoms with Crippen LogP contribution in [0.25, 0.3) is 20.1 Å². The number of benzene rings is 6. The van der Waals surface area contributed by atoms with Crippen molar-refractivity contribution in [2.75, 3.05) is 23.0 Å². The molecule has 2 unspecified atom stereocenters. The van der Waals surface area contributed by atoms with Gasteiger partial charge in [-0.3, -0.25) is 0 Å². The second-order valence-corrected chi connectivity index (χ2v) is 23.0. The van der Waals surface area contributed by atoms with Gasteiger partial charge in [-0.25, -0.2) is 0 Å². The van der Waals surface area contributed by atoms with Gasteiger partial charge >= 0.3 is 0 Å². The molecule has 0 fully saturated rings. The molecular formula is C72H72Br2N6O2. The van der Waals surface area contributed by atoms with Crippen molar-refractivity contribution in [1.29, 1.82) is 0 Å². The molecule has 416 valence electrons. The maximum atomic E-state index is 6.34. The summed E-state index contributed by atoms with van der Waals surface area (Å²) in [6.45, 7) is 10.5. The molecule has 0 aliphatic carbocycles. The maximum Gasteiger partial charge on any atom is 0.119 e. The summed E-state index contributed by atoms with van der Waals surface area (Å²) in [4.78, 5) is 19.8. The van der Waals surface area contributed by atoms with Gasteiger partial charge in [0, 0.05) is 67.4 Å². The van der Waals surface area contributed by atoms with Crippen LogP contribution in [-0.4, -0.2) is 33.1 Å². The lowest BCUT2D eigenvalue weighted by molar-refractivity contribution is 0.233. The Morgan fingerprint density at radius 1 is 0.354 bits per heavy atom. The average molecular weight is 1210 g/mol. The molecule has 10 aromatic rings. The molecule has 1 aliphatic heterocycles. The number of para-hydroxylation sites is 2. The Kier molecular flexibility index (Phi) is 18.0. The number of hydrogen-bond acceptors (Lipinski definition) is 4. The summed E-state index contributed by atoms with van der Waals surface area (Å²) in [7, 11) is 0. The number of fused-ring (bicyclic) bond motifs is 8. The number of halogens is 2. The van der Waals surface area contributed by atoms with Crippen molar-refractivity contribution in [2.24, 2.45) is 11.8 Å². The monoisotopic (exact) mass is 1210 g/mol. The van der Waals surface area contributed by atoms with Crippen LogP contribution in [-0.2, 0) is 0 Å². The summed E-state index contributed by atoms with van der Waals surface area (Å²) in [5, 5.41) is 3.85. The Morgan fingerprint density at radius 2 is 0.683 bits per heavy atom. The van der Waals surface area contributed by atoms with Crippen LogP contribution in [0.15, 0.2) is 206 Å². The normalized spacial score (nSPS) is 13.0. The van der Waals surface area contributed by atoms with Gasteiger partial charge in [-0.15, -0.1) is 0 Å². The largest absolute Gasteiger partial charge is 0.493 e. The summed E-state index contributed by atoms with van der Waals surface area (Å²) < 4.78 is 14.5. The van der Waals surface area contributed by atoms with Crippen molar-refractivity contribution < 1.29 is 9.47 Å². The van der Waals surface area contributed by atoms with E-state index < -0.39 is 0 Å². The highest BCUT2D eigenvalue weighted by Crippen LogP contribution is 2.39. The highest BCUT2D eigenvalue weighted by Gasteiger charge is 2.20. The van der Waals surface area contributed by atoms with Gasteiger partial charge in [0.05, 0.1) is 44.3 Å². The van der Waals surface area contributed by atoms with Gasteiger partial charge < -0.3 is 39.2 Å². The van der Waals surface area contributed by atoms with Crippen molar-refractivity contribution >= 4 is 86.1 Å². The fourth-order valence-corrected chi connectivity index (χ4v) is 12.0. The van der Waals surface area contributed by atoms with Gasteiger partial charge in [-0.1, -0.05) is 127 Å². The Bertz CT molecular complexity index is 3690. The molecule has 0 saturated carbocycles. The molecule has 6 aromatic carbocycles. The number of nitrogens with one attached hydrogen (secondary N) is 4. The van der Waals surface area contributed by atoms with Crippen LogP contribution < -0.4 is 40.7 Å². The second kappa shape index (κ2) is 26.3. The molecule has 5 heterocycles. The number of H-pyrrole nitrogens is 4. The topological polar surface area (TPSA) is 88.1 Å². The van der Waals surface area contributed by atoms with Crippen molar-refractivity contribution in [3.05, 3.63) is 262 Å². The fourth-order valence-electron chi connectivity index (χ4n) is 11.1. The summed E-state index contributed by atoms with van der Waals surface area (Å²) in [6, 6.07) is 73.1. The zero-order chi connectivity index (χ0) is 56.4. The first kappa shape index (κ1) is 56.0. The van der Waals surface area contributed by atoms with Gasteiger partial charge in [0.15, 0.2) is 0 Å². The first-order chi connectivity index (χ1) is 40.3. The molecule has 11 rings (SSSR count). The van der Waals surface area contributed by atoms with Gasteiger partial charge in [-0.05, 0) is 213 Å². The standard InChI is InChI=1S/C72H72Br2N6O2/c1-5-9-17-49(7-3)47-81-59-35-31-57(32-36-59)79(53-19-13-11-14-20-53)55-27-23-51(24-28-55)69-61-39-43-65(75-61)71(73)67-45-41-63(77-67)70(64-42-46-68(78-64)72(74)66-44-40-62(69)76-66)52-25-29-56(30-26-52)80(54-21-15-12-16-22-54)58-33-37-60(38-34-58)82-48-50(8-4)18-10-6-2/h11-16,19-46,49-50,75-78H,5-10,17-18,47-48H2,1-4H3. The zero-order valence-electron chi connectivity index (χ0n) is 47.3. The molecule has 82 heavy (non-hydrogen) atoms. The first-order valence-corrected chi connectivity index (χ1v) is 30.8. The number of aromatic amines is 4. The van der Waals surface area contributed by atoms with Gasteiger partial charge in [-0.2, -0.15) is 0 Å². The van der Waals surface area contributed by atoms with Crippen LogP contribution in [0.1, 0.15) is 113 Å². The molecule has 0 spiro atoms. The molecular weight excluding hydrogens is 1140 g/mol. The quantitative estimate of drug-likeness (QED) is 0.0544. The molecule has 10 heteroatoms. The van der Waals surface area contributed by atoms with Gasteiger partial charge in [0.25, 0.3) is 0 Å². The Hall–Kier alpha value is -7.92. The minimum absolute atomic E-state index is 0.567. The number of hydrogen-bond donors (Lipinski definition) is 4. The molecule has 4 N–H and O–H groups in total. The van der Waals surface area contributed by atoms with E-state index in [-0.39, 0.29) is 0 Å². The SMILES string of the molecule is CCCCC(CC)COc1ccc(N(c2ccccc2)c2ccc(C3=c4ccc([nH]4)=C(Br)c4ccc([nH]4)C(c4ccc(N(c5ccccc5)c5ccc(OCC(CC)CCCC)cc5)cc4)=c4ccc([nH]4)=C(Br)c4ccc3[nH]4)cc2)cc1. The van der Waals surface area contributed by atoms with E-state index in [1.54, 1.807) is 0 Å². The van der Waals surface area contributed by atoms with E-state index in [1.807, 2.05) is 0 Å². The number of ether oxygens (including phenoxy) is 2. The van der Waals surface area contributed by atoms with E-state index in [0.717, 1.165) is 147 Å². The van der Waals surface area contributed by atoms with E-state index >= 15 is 0 Å². The zero-order valence-corrected chi connectivity index (χ0v) is 50.5. The Labute approximate surface area is 499 Å². The fraction of sp³-hybridized carbons (Fsp3) is 0.222. The van der Waals surface area contributed by atoms with E-state index in [4.69, 9.17) is 9.47 Å². The van der Waals surface area contributed by atoms with E-state index in [9.17, 15) is 0 Å². The van der Waals surface area contributed by atoms with Crippen LogP contribution in [0.5, 0.6) is 11.5 Å². The highest BCUT2D eigenvalue weighted by molar-refractivity contribution is 9.15. The van der Waals surface area contributed by atoms with Crippen molar-refractivity contribution in [3.8, 4) is 11.5 Å². The molecule has 1 aliphatic rings. The Balaban J connectivity index is 0.925. The third-order valence-electron chi connectivity index (χ3n) is 15.9. The third kappa shape index (κ3) is 12.6. The predicted octanol–water partition coefficient (Wildman–Crippen LogP) is 17.0. The minimum Gasteiger partial charge on any atom is -0.493 e. The summed E-state index contributed by atoms with van der Waals surface area (Å²) in [5.41, 5.74) is 14.4. The summed E-state index contributed by atoms with van der Waals surface area (Å²) in [5.74, 6) is 2.93. The first-order valence-electron chi connectivity index (χ1n) is 29.2. The summed E-state index contributed by atoms with van der Waals surface area (Å²) in [6.07, 6.45) is 9.55. The van der Waals surface area contributed by atoms with Gasteiger partial charge in [0.1, 0.15) is 11.5 Å². The highest BCUT2D eigenvalue weighted by atomic mass is 79.9. The van der Waals surface area contributed by atoms with Crippen LogP contribution in [0, 0.1) is 11.8 Å². The van der Waals surface area contributed by atoms with Crippen LogP contribution in [0.3, 0.4) is 0 Å². The molecule has 8 bridgehead atoms. The third-order valence-corrected chi connectivity index (χ3v) is 17.6. The minimum atomic E-state index is 0.567. The number of aromatic nitrogens is 4. The van der Waals surface area contributed by atoms with Crippen molar-refractivity contribution in [3.63, 3.8) is 0 Å². The molecule has 0 saturated heterocycles. The molecule has 4 aromatic heterocycles. The smallest absolute Gasteiger partial charge is 0.119 e. The second-order valence-electron chi connectivity index (χ2n) is 21.4. The molecule has 0 radical (unpaired) electrons. The Morgan fingerprint density at radius 3 is 1.04 bits per heavy atom. The van der Waals surface area contributed by atoms with Gasteiger partial charge in [0.2, 0.25) is 0 Å². The number of nitrogens with zero attached hydrogens (tertiary/aromatic N) is 2. The van der Waals surface area contributed by atoms with Crippen molar-refractivity contribution in [2.45, 2.75) is 79.1 Å². The van der Waals surface area contributed by atoms with Crippen molar-refractivity contribution in [1.82, 2.24) is 19.9 Å². The van der Waals surface area contributed by atoms with E-state index in [1.165, 1.54) is 38.5 Å². The van der Waals surface area contributed by atoms with E-state index in [2.05, 4.69) is 296 Å². The predicted molar refractivity (Wildman–Crippen MR) is 348 cm³/mol. The molecule has 2 atom stereocenters. The molecule has 8 nitrogen and oxygen atoms in total. The lowest BCUT2D eigenvalue weighted by atomic mass is 10.0. The lowest BCUT2D eigenvalue weighted by Gasteiger charge is -2.26. The van der Waals surface area contributed by atoms with E-state index in [0.29, 0.717) is 11.8 Å². The maximum absolute atomic E-state index is 6.34. The number of rotatable bonds is 22. The average Bonchev–Trinajstić information content (AvgIpc) is 4.54. The summed E-state index contributed by atoms with van der Waals surface area (Å²) >= 11 is 8.09. The number of unbranched alkanes of at least 4 members (excludes halogenated alkanes) is 2. The molecule has 0 amide bonds.